The lowest BCUT2D eigenvalue weighted by Crippen LogP contribution is -2.06. The number of hydrogen-bond donors (Lipinski definition) is 0. The lowest BCUT2D eigenvalue weighted by Gasteiger charge is -2.02. The molecule has 0 aliphatic carbocycles. The van der Waals surface area contributed by atoms with Gasteiger partial charge in [-0.25, -0.2) is 0 Å². The summed E-state index contributed by atoms with van der Waals surface area (Å²) in [6.45, 7) is 4.00. The average Bonchev–Trinajstić information content (AvgIpc) is 2.28. The van der Waals surface area contributed by atoms with Crippen LogP contribution in [0.2, 0.25) is 0 Å². The van der Waals surface area contributed by atoms with Crippen LogP contribution in [0.15, 0.2) is 43.0 Å². The predicted molar refractivity (Wildman–Crippen MR) is 60.5 cm³/mol. The van der Waals surface area contributed by atoms with E-state index in [1.165, 1.54) is 0 Å². The van der Waals surface area contributed by atoms with Crippen molar-refractivity contribution in [1.82, 2.24) is 0 Å². The zero-order valence-electron chi connectivity index (χ0n) is 8.82. The third-order valence-electron chi connectivity index (χ3n) is 2.05. The van der Waals surface area contributed by atoms with Gasteiger partial charge in [0, 0.05) is 6.42 Å². The van der Waals surface area contributed by atoms with E-state index in [0.29, 0.717) is 13.0 Å². The Morgan fingerprint density at radius 3 is 2.73 bits per heavy atom. The highest BCUT2D eigenvalue weighted by atomic mass is 16.5. The molecule has 0 aliphatic heterocycles. The Morgan fingerprint density at radius 2 is 2.07 bits per heavy atom. The monoisotopic (exact) mass is 204 g/mol. The Labute approximate surface area is 90.6 Å². The van der Waals surface area contributed by atoms with E-state index in [4.69, 9.17) is 4.74 Å². The molecule has 15 heavy (non-hydrogen) atoms. The topological polar surface area (TPSA) is 26.3 Å². The van der Waals surface area contributed by atoms with Crippen LogP contribution in [-0.4, -0.2) is 12.6 Å². The van der Waals surface area contributed by atoms with Crippen molar-refractivity contribution in [2.75, 3.05) is 6.61 Å². The van der Waals surface area contributed by atoms with Crippen molar-refractivity contribution >= 4 is 5.97 Å². The van der Waals surface area contributed by atoms with Crippen molar-refractivity contribution in [1.29, 1.82) is 0 Å². The summed E-state index contributed by atoms with van der Waals surface area (Å²) in [6.07, 6.45) is 3.65. The van der Waals surface area contributed by atoms with Gasteiger partial charge in [-0.05, 0) is 18.4 Å². The van der Waals surface area contributed by atoms with E-state index in [-0.39, 0.29) is 5.97 Å². The van der Waals surface area contributed by atoms with Gasteiger partial charge in [0.25, 0.3) is 0 Å². The van der Waals surface area contributed by atoms with E-state index in [0.717, 1.165) is 18.4 Å². The van der Waals surface area contributed by atoms with E-state index in [1.807, 2.05) is 30.3 Å². The Morgan fingerprint density at radius 1 is 1.33 bits per heavy atom. The van der Waals surface area contributed by atoms with E-state index >= 15 is 0 Å². The summed E-state index contributed by atoms with van der Waals surface area (Å²) in [4.78, 5) is 11.2. The van der Waals surface area contributed by atoms with E-state index < -0.39 is 0 Å². The molecule has 0 saturated carbocycles. The molecule has 1 aromatic rings. The molecule has 0 atom stereocenters. The fourth-order valence-corrected chi connectivity index (χ4v) is 1.22. The van der Waals surface area contributed by atoms with Gasteiger partial charge in [0.2, 0.25) is 0 Å². The molecule has 0 unspecified atom stereocenters. The molecule has 0 fully saturated rings. The molecule has 2 heteroatoms. The van der Waals surface area contributed by atoms with Gasteiger partial charge in [0.1, 0.15) is 0 Å². The van der Waals surface area contributed by atoms with Crippen LogP contribution in [0.4, 0.5) is 0 Å². The molecule has 0 aliphatic rings. The van der Waals surface area contributed by atoms with Crippen LogP contribution >= 0.6 is 0 Å². The molecule has 0 heterocycles. The summed E-state index contributed by atoms with van der Waals surface area (Å²) >= 11 is 0. The fraction of sp³-hybridized carbons (Fsp3) is 0.308. The quantitative estimate of drug-likeness (QED) is 0.404. The molecule has 1 aromatic carbocycles. The van der Waals surface area contributed by atoms with Gasteiger partial charge in [0.05, 0.1) is 6.61 Å². The summed E-state index contributed by atoms with van der Waals surface area (Å²) in [6, 6.07) is 9.93. The second kappa shape index (κ2) is 6.82. The number of ether oxygens (including phenoxy) is 1. The van der Waals surface area contributed by atoms with Crippen LogP contribution in [0.1, 0.15) is 18.4 Å². The van der Waals surface area contributed by atoms with Crippen molar-refractivity contribution in [3.05, 3.63) is 48.6 Å². The third kappa shape index (κ3) is 5.01. The molecular weight excluding hydrogens is 188 g/mol. The van der Waals surface area contributed by atoms with Gasteiger partial charge in [-0.2, -0.15) is 0 Å². The number of aryl methyl sites for hydroxylation is 1. The number of carbonyl (C=O) groups is 1. The van der Waals surface area contributed by atoms with Crippen LogP contribution in [0.3, 0.4) is 0 Å². The molecule has 80 valence electrons. The molecule has 0 spiro atoms. The molecule has 1 rings (SSSR count). The molecular formula is C13H16O2. The van der Waals surface area contributed by atoms with Crippen LogP contribution in [0, 0.1) is 0 Å². The molecule has 2 nitrogen and oxygen atoms in total. The van der Waals surface area contributed by atoms with Crippen LogP contribution < -0.4 is 0 Å². The minimum absolute atomic E-state index is 0.138. The highest BCUT2D eigenvalue weighted by Gasteiger charge is 2.02. The zero-order valence-corrected chi connectivity index (χ0v) is 8.82. The first-order chi connectivity index (χ1) is 7.33. The highest BCUT2D eigenvalue weighted by Crippen LogP contribution is 2.03. The first-order valence-corrected chi connectivity index (χ1v) is 5.13. The second-order valence-electron chi connectivity index (χ2n) is 3.28. The van der Waals surface area contributed by atoms with Crippen LogP contribution in [0.5, 0.6) is 0 Å². The Bertz CT molecular complexity index is 304. The minimum atomic E-state index is -0.138. The zero-order chi connectivity index (χ0) is 10.9. The SMILES string of the molecule is C=CCCOC(=O)CCc1ccccc1. The van der Waals surface area contributed by atoms with E-state index in [2.05, 4.69) is 6.58 Å². The number of hydrogen-bond acceptors (Lipinski definition) is 2. The Balaban J connectivity index is 2.20. The summed E-state index contributed by atoms with van der Waals surface area (Å²) in [5, 5.41) is 0. The summed E-state index contributed by atoms with van der Waals surface area (Å²) in [7, 11) is 0. The van der Waals surface area contributed by atoms with Crippen molar-refractivity contribution in [2.45, 2.75) is 19.3 Å². The molecule has 0 bridgehead atoms. The summed E-state index contributed by atoms with van der Waals surface area (Å²) in [5.41, 5.74) is 1.16. The molecule has 0 aromatic heterocycles. The van der Waals surface area contributed by atoms with E-state index in [9.17, 15) is 4.79 Å². The van der Waals surface area contributed by atoms with Gasteiger partial charge >= 0.3 is 5.97 Å². The first-order valence-electron chi connectivity index (χ1n) is 5.13. The third-order valence-corrected chi connectivity index (χ3v) is 2.05. The van der Waals surface area contributed by atoms with Gasteiger partial charge < -0.3 is 4.74 Å². The van der Waals surface area contributed by atoms with Crippen molar-refractivity contribution in [3.8, 4) is 0 Å². The standard InChI is InChI=1S/C13H16O2/c1-2-3-11-15-13(14)10-9-12-7-5-4-6-8-12/h2,4-8H,1,3,9-11H2. The number of rotatable bonds is 6. The largest absolute Gasteiger partial charge is 0.465 e. The number of benzene rings is 1. The normalized spacial score (nSPS) is 9.60. The Hall–Kier alpha value is -1.57. The maximum absolute atomic E-state index is 11.2. The maximum Gasteiger partial charge on any atom is 0.306 e. The van der Waals surface area contributed by atoms with Crippen LogP contribution in [-0.2, 0) is 16.0 Å². The van der Waals surface area contributed by atoms with Gasteiger partial charge in [-0.3, -0.25) is 4.79 Å². The van der Waals surface area contributed by atoms with Crippen molar-refractivity contribution in [3.63, 3.8) is 0 Å². The smallest absolute Gasteiger partial charge is 0.306 e. The van der Waals surface area contributed by atoms with Gasteiger partial charge in [0.15, 0.2) is 0 Å². The number of esters is 1. The first kappa shape index (κ1) is 11.5. The summed E-state index contributed by atoms with van der Waals surface area (Å²) < 4.78 is 4.99. The molecule has 0 amide bonds. The highest BCUT2D eigenvalue weighted by molar-refractivity contribution is 5.69. The minimum Gasteiger partial charge on any atom is -0.465 e. The maximum atomic E-state index is 11.2. The predicted octanol–water partition coefficient (Wildman–Crippen LogP) is 2.74. The summed E-state index contributed by atoms with van der Waals surface area (Å²) in [5.74, 6) is -0.138. The van der Waals surface area contributed by atoms with E-state index in [1.54, 1.807) is 6.08 Å². The van der Waals surface area contributed by atoms with Gasteiger partial charge in [-0.1, -0.05) is 36.4 Å². The van der Waals surface area contributed by atoms with Gasteiger partial charge in [-0.15, -0.1) is 6.58 Å². The van der Waals surface area contributed by atoms with Crippen molar-refractivity contribution < 1.29 is 9.53 Å². The molecule has 0 saturated heterocycles. The lowest BCUT2D eigenvalue weighted by molar-refractivity contribution is -0.143. The fourth-order valence-electron chi connectivity index (χ4n) is 1.22. The second-order valence-corrected chi connectivity index (χ2v) is 3.28. The van der Waals surface area contributed by atoms with Crippen LogP contribution in [0.25, 0.3) is 0 Å². The number of carbonyl (C=O) groups excluding carboxylic acids is 1. The Kier molecular flexibility index (Phi) is 5.23. The van der Waals surface area contributed by atoms with Crippen molar-refractivity contribution in [2.24, 2.45) is 0 Å². The lowest BCUT2D eigenvalue weighted by atomic mass is 10.1. The molecule has 0 N–H and O–H groups in total. The average molecular weight is 204 g/mol. The molecule has 0 radical (unpaired) electrons.